The fraction of sp³-hybridized carbons (Fsp3) is 0.333. The summed E-state index contributed by atoms with van der Waals surface area (Å²) in [6, 6.07) is 24.6. The number of furan rings is 2. The number of hydrogen-bond donors (Lipinski definition) is 5. The molecule has 2 atom stereocenters. The van der Waals surface area contributed by atoms with E-state index in [0.717, 1.165) is 69.3 Å². The average Bonchev–Trinajstić information content (AvgIpc) is 4.14. The first kappa shape index (κ1) is 43.6. The van der Waals surface area contributed by atoms with Crippen LogP contribution in [0.5, 0.6) is 0 Å². The van der Waals surface area contributed by atoms with E-state index >= 15 is 0 Å². The number of nitrogens with one attached hydrogen (secondary N) is 2. The van der Waals surface area contributed by atoms with E-state index in [1.54, 1.807) is 30.5 Å². The summed E-state index contributed by atoms with van der Waals surface area (Å²) in [6.07, 6.45) is 9.18. The van der Waals surface area contributed by atoms with Gasteiger partial charge in [0, 0.05) is 38.3 Å². The molecule has 0 aliphatic carbocycles. The van der Waals surface area contributed by atoms with Crippen LogP contribution in [0.4, 0.5) is 23.5 Å². The van der Waals surface area contributed by atoms with Gasteiger partial charge in [0.15, 0.2) is 11.5 Å². The largest absolute Gasteiger partial charge is 0.461 e. The Morgan fingerprint density at radius 1 is 0.703 bits per heavy atom. The van der Waals surface area contributed by atoms with Gasteiger partial charge < -0.3 is 46.1 Å². The lowest BCUT2D eigenvalue weighted by Crippen LogP contribution is -2.18. The summed E-state index contributed by atoms with van der Waals surface area (Å²) in [4.78, 5) is 24.6. The number of benzene rings is 2. The Balaban J connectivity index is 0.000000141. The molecule has 2 aliphatic rings. The van der Waals surface area contributed by atoms with Crippen LogP contribution in [-0.4, -0.2) is 109 Å². The lowest BCUT2D eigenvalue weighted by molar-refractivity contribution is 0.186. The first-order valence-corrected chi connectivity index (χ1v) is 22.6. The number of nitrogens with two attached hydrogens (primary N) is 3. The number of ether oxygens (including phenoxy) is 2. The zero-order valence-electron chi connectivity index (χ0n) is 35.1. The Hall–Kier alpha value is -7.01. The maximum Gasteiger partial charge on any atom is 0.259 e. The second kappa shape index (κ2) is 20.0. The molecule has 0 amide bonds. The number of rotatable bonds is 13. The summed E-state index contributed by atoms with van der Waals surface area (Å²) in [5.41, 5.74) is 22.2. The quantitative estimate of drug-likeness (QED) is 0.110. The molecule has 2 fully saturated rings. The lowest BCUT2D eigenvalue weighted by atomic mass is 9.97. The van der Waals surface area contributed by atoms with Gasteiger partial charge in [-0.05, 0) is 97.7 Å². The zero-order chi connectivity index (χ0) is 44.5. The highest BCUT2D eigenvalue weighted by Gasteiger charge is 2.20. The van der Waals surface area contributed by atoms with E-state index in [1.807, 2.05) is 0 Å². The predicted octanol–water partition coefficient (Wildman–Crippen LogP) is 3.75. The van der Waals surface area contributed by atoms with Crippen LogP contribution in [-0.2, 0) is 38.6 Å². The molecule has 0 radical (unpaired) electrons. The van der Waals surface area contributed by atoms with E-state index in [0.29, 0.717) is 54.1 Å². The van der Waals surface area contributed by atoms with E-state index in [2.05, 4.69) is 99.3 Å². The number of anilines is 4. The minimum Gasteiger partial charge on any atom is -0.461 e. The third-order valence-electron chi connectivity index (χ3n) is 10.2. The topological polar surface area (TPSA) is 293 Å². The molecule has 334 valence electrons. The predicted molar refractivity (Wildman–Crippen MR) is 238 cm³/mol. The van der Waals surface area contributed by atoms with E-state index in [-0.39, 0.29) is 23.5 Å². The molecule has 2 aliphatic heterocycles. The molecular weight excluding hydrogens is 843 g/mol. The molecule has 22 heteroatoms. The van der Waals surface area contributed by atoms with Gasteiger partial charge in [0.25, 0.3) is 16.7 Å². The van der Waals surface area contributed by atoms with Crippen LogP contribution in [0.15, 0.2) is 99.3 Å². The molecular formula is C42H49N15O6S. The third-order valence-corrected chi connectivity index (χ3v) is 11.1. The van der Waals surface area contributed by atoms with Crippen molar-refractivity contribution >= 4 is 44.9 Å². The highest BCUT2D eigenvalue weighted by atomic mass is 32.2. The van der Waals surface area contributed by atoms with Gasteiger partial charge in [0.05, 0.1) is 25.2 Å². The van der Waals surface area contributed by atoms with Gasteiger partial charge >= 0.3 is 0 Å². The van der Waals surface area contributed by atoms with Crippen molar-refractivity contribution in [2.45, 2.75) is 43.3 Å². The Morgan fingerprint density at radius 3 is 1.88 bits per heavy atom. The van der Waals surface area contributed by atoms with Gasteiger partial charge in [0.1, 0.15) is 0 Å². The normalized spacial score (nSPS) is 16.0. The Labute approximate surface area is 367 Å². The number of nitrogens with zero attached hydrogens (tertiary/aromatic N) is 10. The van der Waals surface area contributed by atoms with Crippen LogP contribution in [0, 0.1) is 5.92 Å². The average molecular weight is 892 g/mol. The smallest absolute Gasteiger partial charge is 0.259 e. The molecule has 8 aromatic rings. The van der Waals surface area contributed by atoms with Crippen molar-refractivity contribution in [1.82, 2.24) is 49.1 Å². The van der Waals surface area contributed by atoms with Gasteiger partial charge in [-0.25, -0.2) is 8.42 Å². The van der Waals surface area contributed by atoms with Crippen molar-refractivity contribution in [1.29, 1.82) is 0 Å². The second-order valence-electron chi connectivity index (χ2n) is 15.2. The van der Waals surface area contributed by atoms with Crippen LogP contribution < -0.4 is 27.8 Å². The highest BCUT2D eigenvalue weighted by molar-refractivity contribution is 7.90. The molecule has 0 bridgehead atoms. The standard InChI is InChI=1S/C21H23N7O2.C12H18N2O.C9H8N6O3S/c22-19-25-20(26-21-24-18(27-28(19)21)17-2-1-10-30-17)23-9-7-14-3-5-15(6-4-14)12-16-8-11-29-13-16;13-7-5-10-1-3-11(4-2-10)14-12-6-8-15-9-12;1-19(16,17)9-12-7(10)15-8(13-9)11-6(14-15)5-3-2-4-18-5/h1-6,10,16H,7-9,11-13H2,(H3,22,23,24,25,26,27);1-4,12,14H,5-9,13H2;2-4H,1H3,(H2,10,11,12,13,14). The molecule has 21 nitrogen and oxygen atoms in total. The number of aromatic nitrogens is 10. The molecule has 2 saturated heterocycles. The maximum absolute atomic E-state index is 11.4. The molecule has 2 unspecified atom stereocenters. The van der Waals surface area contributed by atoms with Crippen molar-refractivity contribution in [2.24, 2.45) is 11.7 Å². The summed E-state index contributed by atoms with van der Waals surface area (Å²) >= 11 is 0. The molecule has 10 rings (SSSR count). The maximum atomic E-state index is 11.4. The number of sulfone groups is 1. The monoisotopic (exact) mass is 891 g/mol. The van der Waals surface area contributed by atoms with E-state index in [1.165, 1.54) is 33.2 Å². The van der Waals surface area contributed by atoms with Crippen LogP contribution in [0.2, 0.25) is 0 Å². The molecule has 2 aromatic carbocycles. The Morgan fingerprint density at radius 2 is 1.30 bits per heavy atom. The van der Waals surface area contributed by atoms with Crippen LogP contribution >= 0.6 is 0 Å². The van der Waals surface area contributed by atoms with Crippen molar-refractivity contribution in [3.63, 3.8) is 0 Å². The Kier molecular flexibility index (Phi) is 13.6. The van der Waals surface area contributed by atoms with Gasteiger partial charge in [-0.1, -0.05) is 36.4 Å². The van der Waals surface area contributed by atoms with Gasteiger partial charge in [0.2, 0.25) is 39.3 Å². The summed E-state index contributed by atoms with van der Waals surface area (Å²) in [7, 11) is -3.57. The van der Waals surface area contributed by atoms with E-state index in [9.17, 15) is 8.42 Å². The van der Waals surface area contributed by atoms with Gasteiger partial charge in [-0.3, -0.25) is 0 Å². The number of hydrogen-bond acceptors (Lipinski definition) is 19. The molecule has 8 N–H and O–H groups in total. The number of nitrogen functional groups attached to an aromatic ring is 2. The summed E-state index contributed by atoms with van der Waals surface area (Å²) < 4.78 is 46.6. The number of fused-ring (bicyclic) bond motifs is 2. The van der Waals surface area contributed by atoms with Crippen molar-refractivity contribution in [3.8, 4) is 23.2 Å². The van der Waals surface area contributed by atoms with Gasteiger partial charge in [-0.2, -0.15) is 38.9 Å². The van der Waals surface area contributed by atoms with E-state index < -0.39 is 15.0 Å². The third kappa shape index (κ3) is 11.1. The van der Waals surface area contributed by atoms with Crippen LogP contribution in [0.1, 0.15) is 29.5 Å². The lowest BCUT2D eigenvalue weighted by Gasteiger charge is -2.12. The Bertz CT molecular complexity index is 2840. The van der Waals surface area contributed by atoms with E-state index in [4.69, 9.17) is 35.5 Å². The highest BCUT2D eigenvalue weighted by Crippen LogP contribution is 2.21. The molecule has 6 aromatic heterocycles. The first-order chi connectivity index (χ1) is 31.1. The molecule has 8 heterocycles. The fourth-order valence-corrected chi connectivity index (χ4v) is 7.42. The first-order valence-electron chi connectivity index (χ1n) is 20.7. The van der Waals surface area contributed by atoms with Crippen molar-refractivity contribution in [3.05, 3.63) is 102 Å². The summed E-state index contributed by atoms with van der Waals surface area (Å²) in [6.45, 7) is 4.88. The fourth-order valence-electron chi connectivity index (χ4n) is 6.91. The molecule has 0 saturated carbocycles. The minimum absolute atomic E-state index is 0.0410. The minimum atomic E-state index is -3.57. The van der Waals surface area contributed by atoms with Crippen molar-refractivity contribution < 1.29 is 26.7 Å². The van der Waals surface area contributed by atoms with Gasteiger partial charge in [-0.15, -0.1) is 10.2 Å². The SMILES string of the molecule is CS(=O)(=O)c1nc(N)n2nc(-c3ccco3)nc2n1.NCCc1ccc(NC2CCOC2)cc1.Nc1nc(NCCc2ccc(CC3CCOC3)cc2)nc2nc(-c3ccco3)nn12. The summed E-state index contributed by atoms with van der Waals surface area (Å²) in [5, 5.41) is 14.6. The molecule has 0 spiro atoms. The summed E-state index contributed by atoms with van der Waals surface area (Å²) in [5.74, 6) is 3.24. The zero-order valence-corrected chi connectivity index (χ0v) is 35.9. The van der Waals surface area contributed by atoms with Crippen LogP contribution in [0.3, 0.4) is 0 Å². The van der Waals surface area contributed by atoms with Crippen LogP contribution in [0.25, 0.3) is 34.7 Å². The molecule has 64 heavy (non-hydrogen) atoms. The second-order valence-corrected chi connectivity index (χ2v) is 17.1. The van der Waals surface area contributed by atoms with Crippen molar-refractivity contribution in [2.75, 3.05) is 67.9 Å².